The van der Waals surface area contributed by atoms with Crippen LogP contribution >= 0.6 is 12.3 Å². The minimum absolute atomic E-state index is 0.000941. The van der Waals surface area contributed by atoms with E-state index in [4.69, 9.17) is 19.3 Å². The van der Waals surface area contributed by atoms with Crippen molar-refractivity contribution in [3.05, 3.63) is 17.0 Å². The molecule has 1 fully saturated rings. The second-order valence-corrected chi connectivity index (χ2v) is 7.82. The number of urea groups is 1. The molecule has 3 N–H and O–H groups in total. The van der Waals surface area contributed by atoms with Gasteiger partial charge in [-0.1, -0.05) is 0 Å². The molecule has 14 heteroatoms. The minimum Gasteiger partial charge on any atom is -0.365 e. The maximum absolute atomic E-state index is 12.9. The van der Waals surface area contributed by atoms with E-state index in [2.05, 4.69) is 5.10 Å². The van der Waals surface area contributed by atoms with Crippen molar-refractivity contribution in [1.82, 2.24) is 29.5 Å². The molecule has 13 nitrogen and oxygen atoms in total. The molecule has 0 spiro atoms. The topological polar surface area (TPSA) is 147 Å². The predicted molar refractivity (Wildman–Crippen MR) is 109 cm³/mol. The molecule has 0 aliphatic carbocycles. The molecule has 0 radical (unpaired) electrons. The van der Waals surface area contributed by atoms with Gasteiger partial charge in [0.05, 0.1) is 24.5 Å². The number of nitrogens with zero attached hydrogens (tertiary/aromatic N) is 6. The summed E-state index contributed by atoms with van der Waals surface area (Å²) in [4.78, 5) is 42.2. The lowest BCUT2D eigenvalue weighted by molar-refractivity contribution is -0.135. The Morgan fingerprint density at radius 2 is 2.06 bits per heavy atom. The monoisotopic (exact) mass is 457 g/mol. The molecule has 1 saturated heterocycles. The van der Waals surface area contributed by atoms with E-state index in [9.17, 15) is 14.4 Å². The largest absolute Gasteiger partial charge is 0.365 e. The van der Waals surface area contributed by atoms with Crippen LogP contribution in [0.2, 0.25) is 0 Å². The molecule has 3 heterocycles. The van der Waals surface area contributed by atoms with Gasteiger partial charge < -0.3 is 29.7 Å². The number of aryl methyl sites for hydroxylation is 1. The molecule has 31 heavy (non-hydrogen) atoms. The number of carbonyl (C=O) groups excluding carboxylic acids is 3. The van der Waals surface area contributed by atoms with Crippen molar-refractivity contribution in [2.75, 3.05) is 47.4 Å². The molecule has 3 rings (SSSR count). The first-order valence-electron chi connectivity index (χ1n) is 9.59. The van der Waals surface area contributed by atoms with Crippen LogP contribution < -0.4 is 5.73 Å². The lowest BCUT2D eigenvalue weighted by Crippen LogP contribution is -2.43. The summed E-state index contributed by atoms with van der Waals surface area (Å²) in [6.07, 6.45) is 0. The first-order valence-corrected chi connectivity index (χ1v) is 10.3. The van der Waals surface area contributed by atoms with Gasteiger partial charge in [0.1, 0.15) is 12.6 Å². The normalized spacial score (nSPS) is 19.6. The molecule has 0 aromatic carbocycles. The van der Waals surface area contributed by atoms with Crippen molar-refractivity contribution in [3.8, 4) is 0 Å². The van der Waals surface area contributed by atoms with Gasteiger partial charge >= 0.3 is 6.03 Å². The van der Waals surface area contributed by atoms with Crippen molar-refractivity contribution in [1.29, 1.82) is 0 Å². The van der Waals surface area contributed by atoms with Crippen molar-refractivity contribution in [3.63, 3.8) is 0 Å². The van der Waals surface area contributed by atoms with Crippen LogP contribution in [0.25, 0.3) is 0 Å². The zero-order valence-electron chi connectivity index (χ0n) is 17.8. The van der Waals surface area contributed by atoms with E-state index in [-0.39, 0.29) is 43.9 Å². The van der Waals surface area contributed by atoms with Gasteiger partial charge in [0.25, 0.3) is 5.91 Å². The molecule has 2 unspecified atom stereocenters. The number of amides is 4. The highest BCUT2D eigenvalue weighted by Crippen LogP contribution is 2.46. The predicted octanol–water partition coefficient (Wildman–Crippen LogP) is -0.672. The van der Waals surface area contributed by atoms with Crippen LogP contribution in [0.3, 0.4) is 0 Å². The van der Waals surface area contributed by atoms with Crippen molar-refractivity contribution in [2.24, 2.45) is 12.8 Å². The van der Waals surface area contributed by atoms with E-state index in [1.807, 2.05) is 0 Å². The van der Waals surface area contributed by atoms with E-state index in [0.717, 1.165) is 5.06 Å². The van der Waals surface area contributed by atoms with Gasteiger partial charge in [0.15, 0.2) is 18.4 Å². The quantitative estimate of drug-likeness (QED) is 0.461. The van der Waals surface area contributed by atoms with Crippen molar-refractivity contribution >= 4 is 30.2 Å². The summed E-state index contributed by atoms with van der Waals surface area (Å²) >= 11 is 0.0486. The Balaban J connectivity index is 1.91. The first-order chi connectivity index (χ1) is 14.7. The van der Waals surface area contributed by atoms with E-state index in [0.29, 0.717) is 30.0 Å². The number of hydroxylamine groups is 2. The fraction of sp³-hybridized carbons (Fsp3) is 0.647. The smallest absolute Gasteiger partial charge is 0.346 e. The lowest BCUT2D eigenvalue weighted by Gasteiger charge is -2.32. The second kappa shape index (κ2) is 9.40. The van der Waals surface area contributed by atoms with Crippen LogP contribution in [0.15, 0.2) is 0 Å². The number of ether oxygens (including phenoxy) is 1. The zero-order chi connectivity index (χ0) is 22.9. The summed E-state index contributed by atoms with van der Waals surface area (Å²) in [6, 6.07) is -2.01. The van der Waals surface area contributed by atoms with Crippen LogP contribution in [0.5, 0.6) is 0 Å². The third-order valence-electron chi connectivity index (χ3n) is 5.34. The summed E-state index contributed by atoms with van der Waals surface area (Å²) in [6.45, 7) is 0.791. The van der Waals surface area contributed by atoms with Gasteiger partial charge in [0, 0.05) is 46.8 Å². The number of fused-ring (bicyclic) bond motifs is 4. The van der Waals surface area contributed by atoms with E-state index < -0.39 is 18.1 Å². The molecule has 1 aromatic rings. The average molecular weight is 458 g/mol. The van der Waals surface area contributed by atoms with Crippen LogP contribution in [0.1, 0.15) is 29.0 Å². The Morgan fingerprint density at radius 1 is 1.35 bits per heavy atom. The Kier molecular flexibility index (Phi) is 7.06. The standard InChI is InChI=1S/C17H27N7O6S/c1-20(2)16(26)15-14-13(11-7-23(15)17(27)24(11)30-31-28)10(19-22(14)4)8-29-9-12(25)21(3)6-5-18/h11,15,28H,5-9,18H2,1-4H3. The maximum Gasteiger partial charge on any atom is 0.346 e. The van der Waals surface area contributed by atoms with Crippen LogP contribution in [0.4, 0.5) is 4.79 Å². The van der Waals surface area contributed by atoms with Crippen LogP contribution in [0, 0.1) is 0 Å². The molecule has 4 amide bonds. The minimum atomic E-state index is -0.894. The SMILES string of the molecule is CN(C)C(=O)C1c2c(c(COCC(=O)N(C)CCN)nn2C)C2CN1C(=O)N2OSO. The number of hydrogen-bond acceptors (Lipinski definition) is 9. The second-order valence-electron chi connectivity index (χ2n) is 7.53. The maximum atomic E-state index is 12.9. The zero-order valence-corrected chi connectivity index (χ0v) is 18.7. The van der Waals surface area contributed by atoms with Crippen LogP contribution in [-0.4, -0.2) is 99.3 Å². The molecule has 2 aliphatic heterocycles. The number of carbonyl (C=O) groups is 3. The van der Waals surface area contributed by atoms with Gasteiger partial charge in [-0.2, -0.15) is 14.4 Å². The Labute approximate surface area is 184 Å². The van der Waals surface area contributed by atoms with E-state index >= 15 is 0 Å². The third kappa shape index (κ3) is 4.21. The number of aromatic nitrogens is 2. The highest BCUT2D eigenvalue weighted by molar-refractivity contribution is 7.88. The summed E-state index contributed by atoms with van der Waals surface area (Å²) < 4.78 is 21.4. The molecular formula is C17H27N7O6S. The lowest BCUT2D eigenvalue weighted by atomic mass is 9.94. The molecular weight excluding hydrogens is 430 g/mol. The molecule has 2 aliphatic rings. The number of nitrogens with two attached hydrogens (primary N) is 1. The molecule has 1 aromatic heterocycles. The Hall–Kier alpha value is -2.39. The Bertz CT molecular complexity index is 862. The average Bonchev–Trinajstić information content (AvgIpc) is 3.19. The van der Waals surface area contributed by atoms with Gasteiger partial charge in [-0.05, 0) is 0 Å². The number of hydrogen-bond donors (Lipinski definition) is 2. The summed E-state index contributed by atoms with van der Waals surface area (Å²) in [5, 5.41) is 5.51. The summed E-state index contributed by atoms with van der Waals surface area (Å²) in [5.74, 6) is -0.514. The molecule has 2 atom stereocenters. The summed E-state index contributed by atoms with van der Waals surface area (Å²) in [5.41, 5.74) is 7.10. The highest BCUT2D eigenvalue weighted by atomic mass is 32.2. The van der Waals surface area contributed by atoms with Gasteiger partial charge in [-0.15, -0.1) is 0 Å². The molecule has 172 valence electrons. The van der Waals surface area contributed by atoms with Gasteiger partial charge in [0.2, 0.25) is 5.91 Å². The van der Waals surface area contributed by atoms with E-state index in [1.165, 1.54) is 14.7 Å². The molecule has 0 saturated carbocycles. The third-order valence-corrected chi connectivity index (χ3v) is 5.57. The first kappa shape index (κ1) is 23.3. The van der Waals surface area contributed by atoms with Gasteiger partial charge in [-0.25, -0.2) is 4.79 Å². The number of rotatable bonds is 9. The fourth-order valence-corrected chi connectivity index (χ4v) is 4.09. The Morgan fingerprint density at radius 3 is 2.68 bits per heavy atom. The molecule has 2 bridgehead atoms. The van der Waals surface area contributed by atoms with Crippen molar-refractivity contribution < 1.29 is 28.0 Å². The van der Waals surface area contributed by atoms with Gasteiger partial charge in [-0.3, -0.25) is 14.3 Å². The van der Waals surface area contributed by atoms with Crippen LogP contribution in [-0.2, 0) is 32.3 Å². The highest BCUT2D eigenvalue weighted by Gasteiger charge is 2.54. The van der Waals surface area contributed by atoms with Crippen molar-refractivity contribution in [2.45, 2.75) is 18.7 Å². The number of likely N-dealkylation sites (N-methyl/N-ethyl adjacent to an activating group) is 2. The van der Waals surface area contributed by atoms with E-state index in [1.54, 1.807) is 32.9 Å². The summed E-state index contributed by atoms with van der Waals surface area (Å²) in [7, 11) is 6.53. The fourth-order valence-electron chi connectivity index (χ4n) is 3.85.